The Bertz CT molecular complexity index is 355. The monoisotopic (exact) mass is 266 g/mol. The number of hydrogen-bond donors (Lipinski definition) is 1. The Morgan fingerprint density at radius 3 is 2.71 bits per heavy atom. The van der Waals surface area contributed by atoms with Crippen LogP contribution in [-0.4, -0.2) is 17.7 Å². The molecule has 1 N–H and O–H groups in total. The normalized spacial score (nSPS) is 13.7. The molecule has 0 spiro atoms. The molecule has 1 aromatic heterocycles. The van der Waals surface area contributed by atoms with Gasteiger partial charge in [-0.25, -0.2) is 0 Å². The summed E-state index contributed by atoms with van der Waals surface area (Å²) >= 11 is 5.92. The Morgan fingerprint density at radius 2 is 2.18 bits per heavy atom. The summed E-state index contributed by atoms with van der Waals surface area (Å²) in [5.74, 6) is 0. The maximum atomic E-state index is 12.2. The fraction of sp³-hybridized carbons (Fsp3) is 0.545. The molecule has 0 aliphatic heterocycles. The zero-order valence-electron chi connectivity index (χ0n) is 9.39. The largest absolute Gasteiger partial charge is 0.389 e. The Kier molecular flexibility index (Phi) is 5.21. The third kappa shape index (κ3) is 4.91. The molecule has 0 aliphatic rings. The van der Waals surface area contributed by atoms with Crippen LogP contribution in [0.15, 0.2) is 18.3 Å². The SMILES string of the molecule is CCNC(CCC(F)(F)F)c1ncccc1Cl. The lowest BCUT2D eigenvalue weighted by Gasteiger charge is -2.19. The molecule has 17 heavy (non-hydrogen) atoms. The van der Waals surface area contributed by atoms with E-state index in [1.54, 1.807) is 12.1 Å². The molecular weight excluding hydrogens is 253 g/mol. The lowest BCUT2D eigenvalue weighted by atomic mass is 10.1. The quantitative estimate of drug-likeness (QED) is 0.878. The molecule has 1 heterocycles. The second-order valence-electron chi connectivity index (χ2n) is 3.63. The first kappa shape index (κ1) is 14.3. The van der Waals surface area contributed by atoms with Crippen LogP contribution in [-0.2, 0) is 0 Å². The van der Waals surface area contributed by atoms with Crippen LogP contribution in [0.5, 0.6) is 0 Å². The van der Waals surface area contributed by atoms with Gasteiger partial charge in [0.2, 0.25) is 0 Å². The molecule has 1 unspecified atom stereocenters. The number of hydrogen-bond acceptors (Lipinski definition) is 2. The van der Waals surface area contributed by atoms with Crippen molar-refractivity contribution in [2.75, 3.05) is 6.54 Å². The number of nitrogens with one attached hydrogen (secondary N) is 1. The van der Waals surface area contributed by atoms with Crippen LogP contribution >= 0.6 is 11.6 Å². The maximum Gasteiger partial charge on any atom is 0.389 e. The molecule has 0 radical (unpaired) electrons. The average Bonchev–Trinajstić information content (AvgIpc) is 2.24. The fourth-order valence-corrected chi connectivity index (χ4v) is 1.80. The van der Waals surface area contributed by atoms with Crippen LogP contribution in [0.4, 0.5) is 13.2 Å². The summed E-state index contributed by atoms with van der Waals surface area (Å²) in [4.78, 5) is 4.04. The molecule has 0 aliphatic carbocycles. The van der Waals surface area contributed by atoms with Crippen molar-refractivity contribution in [1.82, 2.24) is 10.3 Å². The highest BCUT2D eigenvalue weighted by Crippen LogP contribution is 2.29. The Morgan fingerprint density at radius 1 is 1.47 bits per heavy atom. The topological polar surface area (TPSA) is 24.9 Å². The average molecular weight is 267 g/mol. The molecule has 1 aromatic rings. The minimum absolute atomic E-state index is 0.0614. The number of aromatic nitrogens is 1. The summed E-state index contributed by atoms with van der Waals surface area (Å²) in [7, 11) is 0. The molecule has 0 amide bonds. The van der Waals surface area contributed by atoms with E-state index in [4.69, 9.17) is 11.6 Å². The number of nitrogens with zero attached hydrogens (tertiary/aromatic N) is 1. The predicted molar refractivity (Wildman–Crippen MR) is 61.0 cm³/mol. The van der Waals surface area contributed by atoms with Crippen molar-refractivity contribution in [3.05, 3.63) is 29.0 Å². The van der Waals surface area contributed by atoms with Crippen molar-refractivity contribution in [3.8, 4) is 0 Å². The first-order valence-corrected chi connectivity index (χ1v) is 5.72. The van der Waals surface area contributed by atoms with Crippen molar-refractivity contribution in [1.29, 1.82) is 0 Å². The van der Waals surface area contributed by atoms with E-state index in [-0.39, 0.29) is 6.42 Å². The van der Waals surface area contributed by atoms with Gasteiger partial charge in [-0.3, -0.25) is 4.98 Å². The van der Waals surface area contributed by atoms with Crippen LogP contribution in [0, 0.1) is 0 Å². The van der Waals surface area contributed by atoms with Gasteiger partial charge in [-0.2, -0.15) is 13.2 Å². The standard InChI is InChI=1S/C11H14ClF3N2/c1-2-16-9(5-6-11(13,14)15)10-8(12)4-3-7-17-10/h3-4,7,9,16H,2,5-6H2,1H3. The summed E-state index contributed by atoms with van der Waals surface area (Å²) in [6.07, 6.45) is -3.54. The van der Waals surface area contributed by atoms with Crippen molar-refractivity contribution in [3.63, 3.8) is 0 Å². The van der Waals surface area contributed by atoms with Crippen molar-refractivity contribution < 1.29 is 13.2 Å². The summed E-state index contributed by atoms with van der Waals surface area (Å²) in [5.41, 5.74) is 0.472. The van der Waals surface area contributed by atoms with E-state index in [0.717, 1.165) is 0 Å². The zero-order chi connectivity index (χ0) is 12.9. The van der Waals surface area contributed by atoms with E-state index < -0.39 is 18.6 Å². The summed E-state index contributed by atoms with van der Waals surface area (Å²) in [6.45, 7) is 2.40. The zero-order valence-corrected chi connectivity index (χ0v) is 10.1. The molecule has 1 rings (SSSR count). The summed E-state index contributed by atoms with van der Waals surface area (Å²) in [5, 5.41) is 3.35. The Hall–Kier alpha value is -0.810. The molecule has 6 heteroatoms. The Labute approximate surface area is 103 Å². The van der Waals surface area contributed by atoms with Crippen molar-refractivity contribution in [2.45, 2.75) is 32.0 Å². The number of rotatable bonds is 5. The van der Waals surface area contributed by atoms with Gasteiger partial charge in [0.1, 0.15) is 0 Å². The minimum Gasteiger partial charge on any atom is -0.309 e. The molecule has 0 saturated carbocycles. The third-order valence-electron chi connectivity index (χ3n) is 2.28. The first-order chi connectivity index (χ1) is 7.94. The first-order valence-electron chi connectivity index (χ1n) is 5.34. The number of halogens is 4. The second-order valence-corrected chi connectivity index (χ2v) is 4.04. The molecule has 0 bridgehead atoms. The highest BCUT2D eigenvalue weighted by Gasteiger charge is 2.29. The Balaban J connectivity index is 2.75. The van der Waals surface area contributed by atoms with Gasteiger partial charge in [0.25, 0.3) is 0 Å². The smallest absolute Gasteiger partial charge is 0.309 e. The summed E-state index contributed by atoms with van der Waals surface area (Å²) < 4.78 is 36.6. The second kappa shape index (κ2) is 6.21. The number of alkyl halides is 3. The molecule has 0 saturated heterocycles. The van der Waals surface area contributed by atoms with E-state index >= 15 is 0 Å². The van der Waals surface area contributed by atoms with E-state index in [2.05, 4.69) is 10.3 Å². The van der Waals surface area contributed by atoms with Gasteiger partial charge in [0.15, 0.2) is 0 Å². The molecule has 1 atom stereocenters. The number of pyridine rings is 1. The van der Waals surface area contributed by atoms with Gasteiger partial charge < -0.3 is 5.32 Å². The van der Waals surface area contributed by atoms with E-state index in [1.807, 2.05) is 6.92 Å². The molecule has 0 fully saturated rings. The van der Waals surface area contributed by atoms with Gasteiger partial charge in [-0.15, -0.1) is 0 Å². The molecule has 0 aromatic carbocycles. The summed E-state index contributed by atoms with van der Waals surface area (Å²) in [6, 6.07) is 2.82. The molecule has 96 valence electrons. The van der Waals surface area contributed by atoms with Gasteiger partial charge in [0, 0.05) is 12.6 Å². The van der Waals surface area contributed by atoms with E-state index in [0.29, 0.717) is 17.3 Å². The fourth-order valence-electron chi connectivity index (χ4n) is 1.54. The van der Waals surface area contributed by atoms with Crippen LogP contribution < -0.4 is 5.32 Å². The highest BCUT2D eigenvalue weighted by atomic mass is 35.5. The van der Waals surface area contributed by atoms with Gasteiger partial charge in [-0.1, -0.05) is 18.5 Å². The molecular formula is C11H14ClF3N2. The van der Waals surface area contributed by atoms with Crippen molar-refractivity contribution in [2.24, 2.45) is 0 Å². The van der Waals surface area contributed by atoms with E-state index in [1.165, 1.54) is 6.20 Å². The van der Waals surface area contributed by atoms with Crippen LogP contribution in [0.3, 0.4) is 0 Å². The lowest BCUT2D eigenvalue weighted by molar-refractivity contribution is -0.136. The molecule has 2 nitrogen and oxygen atoms in total. The minimum atomic E-state index is -4.16. The van der Waals surface area contributed by atoms with Gasteiger partial charge >= 0.3 is 6.18 Å². The predicted octanol–water partition coefficient (Wildman–Crippen LogP) is 3.73. The van der Waals surface area contributed by atoms with Crippen LogP contribution in [0.25, 0.3) is 0 Å². The van der Waals surface area contributed by atoms with Crippen LogP contribution in [0.2, 0.25) is 5.02 Å². The third-order valence-corrected chi connectivity index (χ3v) is 2.60. The maximum absolute atomic E-state index is 12.2. The van der Waals surface area contributed by atoms with Crippen molar-refractivity contribution >= 4 is 11.6 Å². The van der Waals surface area contributed by atoms with Gasteiger partial charge in [0.05, 0.1) is 16.8 Å². The van der Waals surface area contributed by atoms with Gasteiger partial charge in [-0.05, 0) is 25.1 Å². The van der Waals surface area contributed by atoms with Crippen LogP contribution in [0.1, 0.15) is 31.5 Å². The van der Waals surface area contributed by atoms with E-state index in [9.17, 15) is 13.2 Å². The lowest BCUT2D eigenvalue weighted by Crippen LogP contribution is -2.24. The highest BCUT2D eigenvalue weighted by molar-refractivity contribution is 6.31.